The van der Waals surface area contributed by atoms with Crippen molar-refractivity contribution in [2.24, 2.45) is 0 Å². The molecule has 0 saturated carbocycles. The number of rotatable bonds is 7. The lowest BCUT2D eigenvalue weighted by Gasteiger charge is -2.09. The van der Waals surface area contributed by atoms with E-state index in [1.54, 1.807) is 26.4 Å². The van der Waals surface area contributed by atoms with Crippen LogP contribution in [-0.4, -0.2) is 30.3 Å². The van der Waals surface area contributed by atoms with Crippen LogP contribution in [0.5, 0.6) is 11.5 Å². The van der Waals surface area contributed by atoms with Crippen LogP contribution in [0.4, 0.5) is 10.8 Å². The molecular formula is C15H18N2O4S. The molecule has 118 valence electrons. The Morgan fingerprint density at radius 1 is 1.32 bits per heavy atom. The first-order valence-electron chi connectivity index (χ1n) is 6.81. The van der Waals surface area contributed by atoms with Crippen molar-refractivity contribution >= 4 is 28.1 Å². The zero-order chi connectivity index (χ0) is 16.1. The molecule has 0 aliphatic carbocycles. The van der Waals surface area contributed by atoms with Gasteiger partial charge in [-0.15, -0.1) is 0 Å². The summed E-state index contributed by atoms with van der Waals surface area (Å²) in [5.74, 6) is 0.280. The first-order valence-corrected chi connectivity index (χ1v) is 7.62. The van der Waals surface area contributed by atoms with Crippen LogP contribution in [0.2, 0.25) is 0 Å². The Morgan fingerprint density at radius 3 is 2.64 bits per heavy atom. The maximum absolute atomic E-state index is 11.3. The number of aromatic carboxylic acids is 1. The number of hydrogen-bond acceptors (Lipinski definition) is 6. The number of carboxylic acid groups (broad SMARTS) is 1. The Bertz CT molecular complexity index is 670. The molecule has 2 aromatic rings. The fourth-order valence-electron chi connectivity index (χ4n) is 2.02. The molecule has 0 unspecified atom stereocenters. The van der Waals surface area contributed by atoms with Crippen molar-refractivity contribution in [1.82, 2.24) is 4.98 Å². The highest BCUT2D eigenvalue weighted by Gasteiger charge is 2.17. The summed E-state index contributed by atoms with van der Waals surface area (Å²) in [5.41, 5.74) is 1.37. The fourth-order valence-corrected chi connectivity index (χ4v) is 2.89. The summed E-state index contributed by atoms with van der Waals surface area (Å²) >= 11 is 1.13. The minimum Gasteiger partial charge on any atom is -0.493 e. The lowest BCUT2D eigenvalue weighted by Crippen LogP contribution is -1.98. The number of anilines is 2. The van der Waals surface area contributed by atoms with E-state index in [0.29, 0.717) is 28.7 Å². The van der Waals surface area contributed by atoms with Gasteiger partial charge in [0.1, 0.15) is 4.88 Å². The number of nitrogens with one attached hydrogen (secondary N) is 1. The molecule has 0 atom stereocenters. The summed E-state index contributed by atoms with van der Waals surface area (Å²) in [6.45, 7) is 1.99. The molecule has 0 spiro atoms. The number of methoxy groups -OCH3 is 2. The molecule has 0 radical (unpaired) electrons. The second-order valence-corrected chi connectivity index (χ2v) is 5.54. The van der Waals surface area contributed by atoms with Gasteiger partial charge in [0.2, 0.25) is 0 Å². The number of nitrogens with zero attached hydrogens (tertiary/aromatic N) is 1. The van der Waals surface area contributed by atoms with Crippen LogP contribution >= 0.6 is 11.3 Å². The Morgan fingerprint density at radius 2 is 2.05 bits per heavy atom. The van der Waals surface area contributed by atoms with Crippen LogP contribution in [0.3, 0.4) is 0 Å². The van der Waals surface area contributed by atoms with E-state index in [1.165, 1.54) is 0 Å². The van der Waals surface area contributed by atoms with Crippen LogP contribution < -0.4 is 14.8 Å². The third kappa shape index (κ3) is 3.48. The summed E-state index contributed by atoms with van der Waals surface area (Å²) in [5, 5.41) is 12.9. The first-order chi connectivity index (χ1) is 10.6. The van der Waals surface area contributed by atoms with E-state index in [-0.39, 0.29) is 4.88 Å². The van der Waals surface area contributed by atoms with Crippen molar-refractivity contribution in [3.63, 3.8) is 0 Å². The van der Waals surface area contributed by atoms with Gasteiger partial charge in [0, 0.05) is 11.8 Å². The molecule has 2 N–H and O–H groups in total. The lowest BCUT2D eigenvalue weighted by molar-refractivity contribution is 0.0700. The number of ether oxygens (including phenoxy) is 2. The number of aromatic nitrogens is 1. The molecule has 22 heavy (non-hydrogen) atoms. The van der Waals surface area contributed by atoms with E-state index in [2.05, 4.69) is 10.3 Å². The number of benzene rings is 1. The van der Waals surface area contributed by atoms with E-state index < -0.39 is 5.97 Å². The highest BCUT2D eigenvalue weighted by atomic mass is 32.1. The van der Waals surface area contributed by atoms with Gasteiger partial charge in [0.25, 0.3) is 0 Å². The lowest BCUT2D eigenvalue weighted by atomic mass is 10.2. The van der Waals surface area contributed by atoms with Crippen LogP contribution in [0.25, 0.3) is 0 Å². The van der Waals surface area contributed by atoms with E-state index >= 15 is 0 Å². The first kappa shape index (κ1) is 16.1. The average Bonchev–Trinajstić information content (AvgIpc) is 2.90. The smallest absolute Gasteiger partial charge is 0.347 e. The van der Waals surface area contributed by atoms with E-state index in [0.717, 1.165) is 23.4 Å². The van der Waals surface area contributed by atoms with E-state index in [9.17, 15) is 9.90 Å². The summed E-state index contributed by atoms with van der Waals surface area (Å²) in [6.07, 6.45) is 1.49. The molecule has 0 amide bonds. The van der Waals surface area contributed by atoms with Gasteiger partial charge in [0.15, 0.2) is 16.6 Å². The summed E-state index contributed by atoms with van der Waals surface area (Å²) in [4.78, 5) is 15.9. The Kier molecular flexibility index (Phi) is 5.21. The van der Waals surface area contributed by atoms with E-state index in [4.69, 9.17) is 9.47 Å². The van der Waals surface area contributed by atoms with Gasteiger partial charge < -0.3 is 19.9 Å². The Balaban J connectivity index is 2.27. The maximum Gasteiger partial charge on any atom is 0.347 e. The predicted molar refractivity (Wildman–Crippen MR) is 85.9 cm³/mol. The normalized spacial score (nSPS) is 10.3. The maximum atomic E-state index is 11.3. The SMILES string of the molecule is CCCc1nc(Nc2ccc(OC)c(OC)c2)sc1C(=O)O. The number of carboxylic acids is 1. The van der Waals surface area contributed by atoms with Crippen molar-refractivity contribution in [2.75, 3.05) is 19.5 Å². The van der Waals surface area contributed by atoms with Gasteiger partial charge >= 0.3 is 5.97 Å². The third-order valence-corrected chi connectivity index (χ3v) is 4.01. The van der Waals surface area contributed by atoms with Crippen LogP contribution in [0.1, 0.15) is 28.7 Å². The third-order valence-electron chi connectivity index (χ3n) is 3.01. The summed E-state index contributed by atoms with van der Waals surface area (Å²) < 4.78 is 10.4. The van der Waals surface area contributed by atoms with Gasteiger partial charge in [-0.05, 0) is 18.6 Å². The molecule has 1 heterocycles. The zero-order valence-corrected chi connectivity index (χ0v) is 13.5. The topological polar surface area (TPSA) is 80.7 Å². The zero-order valence-electron chi connectivity index (χ0n) is 12.7. The molecule has 0 fully saturated rings. The Labute approximate surface area is 132 Å². The molecule has 0 saturated heterocycles. The van der Waals surface area contributed by atoms with E-state index in [1.807, 2.05) is 13.0 Å². The van der Waals surface area contributed by atoms with Crippen molar-refractivity contribution in [3.05, 3.63) is 28.8 Å². The molecule has 1 aromatic carbocycles. The number of thiazole rings is 1. The van der Waals surface area contributed by atoms with Crippen molar-refractivity contribution < 1.29 is 19.4 Å². The Hall–Kier alpha value is -2.28. The molecule has 2 rings (SSSR count). The van der Waals surface area contributed by atoms with Gasteiger partial charge in [-0.2, -0.15) is 0 Å². The highest BCUT2D eigenvalue weighted by molar-refractivity contribution is 7.17. The molecular weight excluding hydrogens is 304 g/mol. The molecule has 1 aromatic heterocycles. The van der Waals surface area contributed by atoms with Crippen molar-refractivity contribution in [3.8, 4) is 11.5 Å². The second-order valence-electron chi connectivity index (χ2n) is 4.54. The van der Waals surface area contributed by atoms with Crippen molar-refractivity contribution in [2.45, 2.75) is 19.8 Å². The van der Waals surface area contributed by atoms with Crippen LogP contribution in [0.15, 0.2) is 18.2 Å². The monoisotopic (exact) mass is 322 g/mol. The standard InChI is InChI=1S/C15H18N2O4S/c1-4-5-10-13(14(18)19)22-15(17-10)16-9-6-7-11(20-2)12(8-9)21-3/h6-8H,4-5H2,1-3H3,(H,16,17)(H,18,19). The van der Waals surface area contributed by atoms with Gasteiger partial charge in [-0.25, -0.2) is 9.78 Å². The van der Waals surface area contributed by atoms with Gasteiger partial charge in [0.05, 0.1) is 19.9 Å². The average molecular weight is 322 g/mol. The number of carbonyl (C=O) groups is 1. The largest absolute Gasteiger partial charge is 0.493 e. The second kappa shape index (κ2) is 7.13. The van der Waals surface area contributed by atoms with Crippen LogP contribution in [0, 0.1) is 0 Å². The summed E-state index contributed by atoms with van der Waals surface area (Å²) in [7, 11) is 3.13. The molecule has 0 aliphatic heterocycles. The molecule has 7 heteroatoms. The molecule has 6 nitrogen and oxygen atoms in total. The van der Waals surface area contributed by atoms with Gasteiger partial charge in [-0.3, -0.25) is 0 Å². The molecule has 0 bridgehead atoms. The minimum absolute atomic E-state index is 0.282. The quantitative estimate of drug-likeness (QED) is 0.811. The van der Waals surface area contributed by atoms with Crippen molar-refractivity contribution in [1.29, 1.82) is 0 Å². The van der Waals surface area contributed by atoms with Gasteiger partial charge in [-0.1, -0.05) is 24.7 Å². The van der Waals surface area contributed by atoms with Crippen LogP contribution in [-0.2, 0) is 6.42 Å². The number of hydrogen-bond donors (Lipinski definition) is 2. The highest BCUT2D eigenvalue weighted by Crippen LogP contribution is 2.33. The minimum atomic E-state index is -0.943. The summed E-state index contributed by atoms with van der Waals surface area (Å²) in [6, 6.07) is 5.38. The number of aryl methyl sites for hydroxylation is 1. The molecule has 0 aliphatic rings. The fraction of sp³-hybridized carbons (Fsp3) is 0.333. The predicted octanol–water partition coefficient (Wildman–Crippen LogP) is 3.55.